The van der Waals surface area contributed by atoms with Crippen molar-refractivity contribution in [2.24, 2.45) is 4.99 Å². The quantitative estimate of drug-likeness (QED) is 0.334. The fraction of sp³-hybridized carbons (Fsp3) is 0.208. The molecule has 2 aromatic heterocycles. The summed E-state index contributed by atoms with van der Waals surface area (Å²) in [6.07, 6.45) is 1.68. The van der Waals surface area contributed by atoms with Crippen LogP contribution in [0.15, 0.2) is 70.3 Å². The van der Waals surface area contributed by atoms with Crippen LogP contribution in [0.5, 0.6) is 0 Å². The lowest BCUT2D eigenvalue weighted by molar-refractivity contribution is 0.572. The average molecular weight is 432 g/mol. The zero-order chi connectivity index (χ0) is 21.6. The molecule has 0 spiro atoms. The Morgan fingerprint density at radius 1 is 0.935 bits per heavy atom. The number of guanidine groups is 1. The second kappa shape index (κ2) is 9.57. The van der Waals surface area contributed by atoms with Crippen LogP contribution in [-0.4, -0.2) is 23.0 Å². The van der Waals surface area contributed by atoms with Gasteiger partial charge in [-0.25, -0.2) is 9.97 Å². The van der Waals surface area contributed by atoms with E-state index in [-0.39, 0.29) is 0 Å². The van der Waals surface area contributed by atoms with Gasteiger partial charge in [0.1, 0.15) is 11.3 Å². The molecular formula is C24H25N5OS. The van der Waals surface area contributed by atoms with E-state index in [0.29, 0.717) is 24.9 Å². The van der Waals surface area contributed by atoms with Crippen molar-refractivity contribution in [3.8, 4) is 22.0 Å². The molecule has 0 aliphatic carbocycles. The lowest BCUT2D eigenvalue weighted by atomic mass is 10.1. The van der Waals surface area contributed by atoms with Crippen molar-refractivity contribution in [2.75, 3.05) is 7.05 Å². The number of thiazole rings is 1. The van der Waals surface area contributed by atoms with E-state index in [1.807, 2.05) is 49.4 Å². The Balaban J connectivity index is 1.34. The summed E-state index contributed by atoms with van der Waals surface area (Å²) in [6.45, 7) is 5.27. The van der Waals surface area contributed by atoms with Crippen molar-refractivity contribution in [1.82, 2.24) is 20.6 Å². The Morgan fingerprint density at radius 3 is 2.42 bits per heavy atom. The molecule has 0 atom stereocenters. The van der Waals surface area contributed by atoms with E-state index in [9.17, 15) is 0 Å². The molecule has 0 aliphatic heterocycles. The Morgan fingerprint density at radius 2 is 1.68 bits per heavy atom. The molecule has 0 radical (unpaired) electrons. The Bertz CT molecular complexity index is 1160. The number of nitrogens with zero attached hydrogens (tertiary/aromatic N) is 3. The molecule has 4 aromatic rings. The minimum absolute atomic E-state index is 0.520. The van der Waals surface area contributed by atoms with Gasteiger partial charge >= 0.3 is 0 Å². The van der Waals surface area contributed by atoms with Gasteiger partial charge in [-0.15, -0.1) is 11.3 Å². The molecule has 0 saturated carbocycles. The van der Waals surface area contributed by atoms with Crippen molar-refractivity contribution >= 4 is 17.3 Å². The minimum atomic E-state index is 0.520. The Labute approximate surface area is 186 Å². The van der Waals surface area contributed by atoms with Crippen LogP contribution in [0.1, 0.15) is 21.8 Å². The highest BCUT2D eigenvalue weighted by molar-refractivity contribution is 7.15. The minimum Gasteiger partial charge on any atom is -0.444 e. The van der Waals surface area contributed by atoms with E-state index in [4.69, 9.17) is 9.40 Å². The molecule has 7 heteroatoms. The van der Waals surface area contributed by atoms with Gasteiger partial charge < -0.3 is 15.1 Å². The SMILES string of the molecule is CN=C(NCc1coc(-c2ccc(C)cc2)n1)NCc1sc(-c2ccccc2)nc1C. The number of aromatic nitrogens is 2. The van der Waals surface area contributed by atoms with Crippen LogP contribution in [0, 0.1) is 13.8 Å². The number of benzene rings is 2. The summed E-state index contributed by atoms with van der Waals surface area (Å²) >= 11 is 1.70. The van der Waals surface area contributed by atoms with E-state index in [1.165, 1.54) is 10.4 Å². The van der Waals surface area contributed by atoms with Gasteiger partial charge in [0, 0.05) is 23.1 Å². The normalized spacial score (nSPS) is 11.5. The number of aryl methyl sites for hydroxylation is 2. The van der Waals surface area contributed by atoms with Gasteiger partial charge in [0.15, 0.2) is 5.96 Å². The predicted molar refractivity (Wildman–Crippen MR) is 126 cm³/mol. The highest BCUT2D eigenvalue weighted by Gasteiger charge is 2.11. The van der Waals surface area contributed by atoms with Crippen molar-refractivity contribution in [3.05, 3.63) is 82.7 Å². The Hall–Kier alpha value is -3.45. The third-order valence-corrected chi connectivity index (χ3v) is 6.05. The first-order chi connectivity index (χ1) is 15.1. The highest BCUT2D eigenvalue weighted by Crippen LogP contribution is 2.27. The van der Waals surface area contributed by atoms with Crippen LogP contribution in [0.2, 0.25) is 0 Å². The van der Waals surface area contributed by atoms with Gasteiger partial charge in [-0.2, -0.15) is 0 Å². The molecule has 0 saturated heterocycles. The van der Waals surface area contributed by atoms with Crippen LogP contribution in [0.3, 0.4) is 0 Å². The van der Waals surface area contributed by atoms with Gasteiger partial charge in [0.05, 0.1) is 24.5 Å². The lowest BCUT2D eigenvalue weighted by Gasteiger charge is -2.10. The zero-order valence-electron chi connectivity index (χ0n) is 17.8. The first-order valence-corrected chi connectivity index (χ1v) is 10.9. The third-order valence-electron chi connectivity index (χ3n) is 4.84. The van der Waals surface area contributed by atoms with Gasteiger partial charge in [-0.3, -0.25) is 4.99 Å². The smallest absolute Gasteiger partial charge is 0.226 e. The van der Waals surface area contributed by atoms with Crippen LogP contribution in [0.4, 0.5) is 0 Å². The maximum atomic E-state index is 5.63. The number of rotatable bonds is 6. The summed E-state index contributed by atoms with van der Waals surface area (Å²) in [6, 6.07) is 18.4. The second-order valence-electron chi connectivity index (χ2n) is 7.18. The summed E-state index contributed by atoms with van der Waals surface area (Å²) in [5.74, 6) is 1.32. The van der Waals surface area contributed by atoms with Gasteiger partial charge in [0.25, 0.3) is 0 Å². The van der Waals surface area contributed by atoms with Crippen LogP contribution in [-0.2, 0) is 13.1 Å². The van der Waals surface area contributed by atoms with Crippen LogP contribution in [0.25, 0.3) is 22.0 Å². The first-order valence-electron chi connectivity index (χ1n) is 10.1. The number of oxazole rings is 1. The van der Waals surface area contributed by atoms with Crippen LogP contribution >= 0.6 is 11.3 Å². The van der Waals surface area contributed by atoms with Gasteiger partial charge in [-0.1, -0.05) is 48.0 Å². The number of hydrogen-bond donors (Lipinski definition) is 2. The molecular weight excluding hydrogens is 406 g/mol. The fourth-order valence-electron chi connectivity index (χ4n) is 3.07. The zero-order valence-corrected chi connectivity index (χ0v) is 18.7. The summed E-state index contributed by atoms with van der Waals surface area (Å²) in [5.41, 5.74) is 5.16. The highest BCUT2D eigenvalue weighted by atomic mass is 32.1. The third kappa shape index (κ3) is 5.19. The molecule has 0 amide bonds. The van der Waals surface area contributed by atoms with E-state index >= 15 is 0 Å². The van der Waals surface area contributed by atoms with Crippen molar-refractivity contribution < 1.29 is 4.42 Å². The maximum Gasteiger partial charge on any atom is 0.226 e. The van der Waals surface area contributed by atoms with E-state index < -0.39 is 0 Å². The molecule has 0 aliphatic rings. The van der Waals surface area contributed by atoms with Gasteiger partial charge in [0.2, 0.25) is 5.89 Å². The standard InChI is InChI=1S/C24H25N5OS/c1-16-9-11-18(12-10-16)22-29-20(15-30-22)13-26-24(25-3)27-14-21-17(2)28-23(31-21)19-7-5-4-6-8-19/h4-12,15H,13-14H2,1-3H3,(H2,25,26,27). The topological polar surface area (TPSA) is 75.3 Å². The monoisotopic (exact) mass is 431 g/mol. The number of nitrogens with one attached hydrogen (secondary N) is 2. The van der Waals surface area contributed by atoms with E-state index in [2.05, 4.69) is 39.7 Å². The molecule has 0 bridgehead atoms. The van der Waals surface area contributed by atoms with Gasteiger partial charge in [-0.05, 0) is 26.0 Å². The molecule has 158 valence electrons. The van der Waals surface area contributed by atoms with E-state index in [1.54, 1.807) is 24.6 Å². The molecule has 0 fully saturated rings. The lowest BCUT2D eigenvalue weighted by Crippen LogP contribution is -2.36. The first kappa shape index (κ1) is 20.8. The molecule has 4 rings (SSSR count). The van der Waals surface area contributed by atoms with Crippen molar-refractivity contribution in [3.63, 3.8) is 0 Å². The van der Waals surface area contributed by atoms with E-state index in [0.717, 1.165) is 27.5 Å². The molecule has 2 heterocycles. The predicted octanol–water partition coefficient (Wildman–Crippen LogP) is 4.95. The summed E-state index contributed by atoms with van der Waals surface area (Å²) in [4.78, 5) is 14.8. The second-order valence-corrected chi connectivity index (χ2v) is 8.27. The summed E-state index contributed by atoms with van der Waals surface area (Å²) < 4.78 is 5.63. The summed E-state index contributed by atoms with van der Waals surface area (Å²) in [7, 11) is 1.75. The fourth-order valence-corrected chi connectivity index (χ4v) is 4.08. The number of hydrogen-bond acceptors (Lipinski definition) is 5. The van der Waals surface area contributed by atoms with Crippen molar-refractivity contribution in [1.29, 1.82) is 0 Å². The maximum absolute atomic E-state index is 5.63. The van der Waals surface area contributed by atoms with Crippen molar-refractivity contribution in [2.45, 2.75) is 26.9 Å². The molecule has 31 heavy (non-hydrogen) atoms. The largest absolute Gasteiger partial charge is 0.444 e. The molecule has 6 nitrogen and oxygen atoms in total. The molecule has 2 N–H and O–H groups in total. The number of aliphatic imine (C=N–C) groups is 1. The molecule has 0 unspecified atom stereocenters. The Kier molecular flexibility index (Phi) is 6.43. The molecule has 2 aromatic carbocycles. The average Bonchev–Trinajstić information content (AvgIpc) is 3.42. The summed E-state index contributed by atoms with van der Waals surface area (Å²) in [5, 5.41) is 7.68. The van der Waals surface area contributed by atoms with Crippen LogP contribution < -0.4 is 10.6 Å².